The number of aromatic nitrogens is 3. The normalized spacial score (nSPS) is 12.1. The van der Waals surface area contributed by atoms with E-state index >= 15 is 0 Å². The molecule has 0 aliphatic heterocycles. The third-order valence-electron chi connectivity index (χ3n) is 3.23. The van der Waals surface area contributed by atoms with Crippen LogP contribution < -0.4 is 5.32 Å². The third-order valence-corrected chi connectivity index (χ3v) is 3.87. The number of nitrogens with one attached hydrogen (secondary N) is 1. The van der Waals surface area contributed by atoms with Crippen LogP contribution in [0.2, 0.25) is 0 Å². The summed E-state index contributed by atoms with van der Waals surface area (Å²) in [4.78, 5) is 20.1. The first-order chi connectivity index (χ1) is 11.2. The number of thioether (sulfide) groups is 1. The fraction of sp³-hybridized carbons (Fsp3) is 0.467. The van der Waals surface area contributed by atoms with Crippen LogP contribution in [0.25, 0.3) is 11.4 Å². The molecule has 2 N–H and O–H groups in total. The van der Waals surface area contributed by atoms with Gasteiger partial charge in [0.1, 0.15) is 0 Å². The smallest absolute Gasteiger partial charge is 0.227 e. The van der Waals surface area contributed by atoms with Gasteiger partial charge in [0, 0.05) is 30.8 Å². The Kier molecular flexibility index (Phi) is 7.02. The van der Waals surface area contributed by atoms with Crippen LogP contribution in [0.5, 0.6) is 0 Å². The van der Waals surface area contributed by atoms with Gasteiger partial charge in [0.25, 0.3) is 0 Å². The van der Waals surface area contributed by atoms with E-state index in [1.807, 2.05) is 6.26 Å². The lowest BCUT2D eigenvalue weighted by atomic mass is 10.2. The highest BCUT2D eigenvalue weighted by Gasteiger charge is 2.13. The van der Waals surface area contributed by atoms with Crippen molar-refractivity contribution >= 4 is 17.7 Å². The van der Waals surface area contributed by atoms with Crippen molar-refractivity contribution in [3.05, 3.63) is 30.4 Å². The highest BCUT2D eigenvalue weighted by atomic mass is 32.2. The zero-order valence-corrected chi connectivity index (χ0v) is 13.8. The van der Waals surface area contributed by atoms with Crippen LogP contribution in [0.4, 0.5) is 0 Å². The summed E-state index contributed by atoms with van der Waals surface area (Å²) in [6, 6.07) is 3.38. The number of nitrogens with zero attached hydrogens (tertiary/aromatic N) is 3. The van der Waals surface area contributed by atoms with Crippen molar-refractivity contribution in [3.63, 3.8) is 0 Å². The maximum atomic E-state index is 11.9. The number of aryl methyl sites for hydroxylation is 1. The van der Waals surface area contributed by atoms with Crippen molar-refractivity contribution in [2.45, 2.75) is 25.3 Å². The van der Waals surface area contributed by atoms with Crippen LogP contribution in [0.1, 0.15) is 18.7 Å². The summed E-state index contributed by atoms with van der Waals surface area (Å²) < 4.78 is 5.15. The van der Waals surface area contributed by atoms with Crippen molar-refractivity contribution in [1.82, 2.24) is 20.4 Å². The van der Waals surface area contributed by atoms with Crippen LogP contribution in [0.3, 0.4) is 0 Å². The monoisotopic (exact) mass is 336 g/mol. The second kappa shape index (κ2) is 9.26. The zero-order chi connectivity index (χ0) is 16.5. The fourth-order valence-electron chi connectivity index (χ4n) is 1.96. The molecule has 2 aromatic rings. The molecule has 1 atom stereocenters. The summed E-state index contributed by atoms with van der Waals surface area (Å²) in [7, 11) is 0. The van der Waals surface area contributed by atoms with Gasteiger partial charge in [-0.2, -0.15) is 16.7 Å². The number of amides is 1. The van der Waals surface area contributed by atoms with Gasteiger partial charge < -0.3 is 14.9 Å². The lowest BCUT2D eigenvalue weighted by molar-refractivity contribution is -0.122. The van der Waals surface area contributed by atoms with E-state index in [1.54, 1.807) is 36.3 Å². The molecule has 0 aliphatic carbocycles. The van der Waals surface area contributed by atoms with Gasteiger partial charge in [-0.1, -0.05) is 5.16 Å². The molecule has 0 saturated carbocycles. The third kappa shape index (κ3) is 5.65. The Morgan fingerprint density at radius 2 is 2.22 bits per heavy atom. The zero-order valence-electron chi connectivity index (χ0n) is 12.9. The number of hydrogen-bond donors (Lipinski definition) is 2. The van der Waals surface area contributed by atoms with Gasteiger partial charge in [-0.25, -0.2) is 0 Å². The minimum absolute atomic E-state index is 0.0565. The molecule has 0 radical (unpaired) electrons. The Labute approximate surface area is 138 Å². The number of pyridine rings is 1. The molecule has 2 heterocycles. The Hall–Kier alpha value is -1.93. The van der Waals surface area contributed by atoms with E-state index in [2.05, 4.69) is 20.4 Å². The van der Waals surface area contributed by atoms with E-state index in [0.29, 0.717) is 18.1 Å². The largest absolute Gasteiger partial charge is 0.394 e. The van der Waals surface area contributed by atoms with Gasteiger partial charge >= 0.3 is 0 Å². The minimum atomic E-state index is -0.204. The molecule has 2 aromatic heterocycles. The maximum Gasteiger partial charge on any atom is 0.227 e. The molecule has 0 fully saturated rings. The van der Waals surface area contributed by atoms with E-state index in [4.69, 9.17) is 4.52 Å². The van der Waals surface area contributed by atoms with Crippen LogP contribution in [-0.4, -0.2) is 50.8 Å². The fourth-order valence-corrected chi connectivity index (χ4v) is 2.48. The number of hydrogen-bond acceptors (Lipinski definition) is 7. The lowest BCUT2D eigenvalue weighted by Crippen LogP contribution is -2.38. The summed E-state index contributed by atoms with van der Waals surface area (Å²) in [5, 5.41) is 15.9. The van der Waals surface area contributed by atoms with Crippen LogP contribution >= 0.6 is 11.8 Å². The molecule has 8 heteroatoms. The molecule has 23 heavy (non-hydrogen) atoms. The number of aliphatic hydroxyl groups is 1. The number of carbonyl (C=O) groups excluding carboxylic acids is 1. The molecule has 124 valence electrons. The first-order valence-corrected chi connectivity index (χ1v) is 8.74. The molecule has 1 amide bonds. The molecular formula is C15H20N4O3S. The van der Waals surface area contributed by atoms with E-state index in [-0.39, 0.29) is 25.0 Å². The van der Waals surface area contributed by atoms with Gasteiger partial charge in [-0.3, -0.25) is 9.78 Å². The SMILES string of the molecule is CSCC[C@@H](CO)NC(=O)CCc1nc(-c2ccncc2)no1. The highest BCUT2D eigenvalue weighted by Crippen LogP contribution is 2.14. The summed E-state index contributed by atoms with van der Waals surface area (Å²) in [5.41, 5.74) is 0.817. The second-order valence-electron chi connectivity index (χ2n) is 4.98. The number of carbonyl (C=O) groups is 1. The van der Waals surface area contributed by atoms with Gasteiger partial charge in [0.2, 0.25) is 17.6 Å². The molecule has 0 spiro atoms. The molecule has 0 aliphatic rings. The van der Waals surface area contributed by atoms with Gasteiger partial charge in [-0.05, 0) is 30.6 Å². The van der Waals surface area contributed by atoms with Crippen LogP contribution in [-0.2, 0) is 11.2 Å². The summed E-state index contributed by atoms with van der Waals surface area (Å²) in [6.45, 7) is -0.0565. The van der Waals surface area contributed by atoms with E-state index in [0.717, 1.165) is 17.7 Å². The molecule has 0 saturated heterocycles. The Bertz CT molecular complexity index is 606. The molecule has 2 rings (SSSR count). The van der Waals surface area contributed by atoms with Gasteiger partial charge in [-0.15, -0.1) is 0 Å². The lowest BCUT2D eigenvalue weighted by Gasteiger charge is -2.15. The van der Waals surface area contributed by atoms with E-state index < -0.39 is 0 Å². The van der Waals surface area contributed by atoms with Crippen molar-refractivity contribution in [2.75, 3.05) is 18.6 Å². The van der Waals surface area contributed by atoms with Gasteiger partial charge in [0.15, 0.2) is 0 Å². The standard InChI is InChI=1S/C15H20N4O3S/c1-23-9-6-12(10-20)17-13(21)2-3-14-18-15(19-22-14)11-4-7-16-8-5-11/h4-5,7-8,12,20H,2-3,6,9-10H2,1H3,(H,17,21)/t12-/m0/s1. The van der Waals surface area contributed by atoms with Crippen molar-refractivity contribution in [2.24, 2.45) is 0 Å². The first kappa shape index (κ1) is 17.4. The Balaban J connectivity index is 1.82. The second-order valence-corrected chi connectivity index (χ2v) is 5.96. The van der Waals surface area contributed by atoms with Crippen molar-refractivity contribution < 1.29 is 14.4 Å². The average Bonchev–Trinajstić information content (AvgIpc) is 3.06. The topological polar surface area (TPSA) is 101 Å². The predicted octanol–water partition coefficient (Wildman–Crippen LogP) is 1.29. The van der Waals surface area contributed by atoms with E-state index in [9.17, 15) is 9.90 Å². The molecule has 7 nitrogen and oxygen atoms in total. The van der Waals surface area contributed by atoms with Crippen molar-refractivity contribution in [3.8, 4) is 11.4 Å². The van der Waals surface area contributed by atoms with Crippen molar-refractivity contribution in [1.29, 1.82) is 0 Å². The Morgan fingerprint density at radius 1 is 1.43 bits per heavy atom. The quantitative estimate of drug-likeness (QED) is 0.711. The summed E-state index contributed by atoms with van der Waals surface area (Å²) >= 11 is 1.68. The highest BCUT2D eigenvalue weighted by molar-refractivity contribution is 7.98. The van der Waals surface area contributed by atoms with E-state index in [1.165, 1.54) is 0 Å². The molecular weight excluding hydrogens is 316 g/mol. The molecule has 0 aromatic carbocycles. The van der Waals surface area contributed by atoms with Crippen LogP contribution in [0.15, 0.2) is 29.0 Å². The van der Waals surface area contributed by atoms with Crippen LogP contribution in [0, 0.1) is 0 Å². The minimum Gasteiger partial charge on any atom is -0.394 e. The van der Waals surface area contributed by atoms with Gasteiger partial charge in [0.05, 0.1) is 12.6 Å². The Morgan fingerprint density at radius 3 is 2.91 bits per heavy atom. The number of rotatable bonds is 9. The maximum absolute atomic E-state index is 11.9. The molecule has 0 bridgehead atoms. The summed E-state index contributed by atoms with van der Waals surface area (Å²) in [6.07, 6.45) is 6.66. The predicted molar refractivity (Wildman–Crippen MR) is 87.9 cm³/mol. The summed E-state index contributed by atoms with van der Waals surface area (Å²) in [5.74, 6) is 1.66. The number of aliphatic hydroxyl groups excluding tert-OH is 1. The first-order valence-electron chi connectivity index (χ1n) is 7.35. The average molecular weight is 336 g/mol. The molecule has 0 unspecified atom stereocenters.